The molecule has 0 amide bonds. The van der Waals surface area contributed by atoms with E-state index < -0.39 is 15.8 Å². The smallest absolute Gasteiger partial charge is 0.335 e. The number of carboxylic acids is 1. The Kier molecular flexibility index (Phi) is 3.93. The summed E-state index contributed by atoms with van der Waals surface area (Å²) in [5.41, 5.74) is 1.06. The molecule has 0 saturated heterocycles. The van der Waals surface area contributed by atoms with Crippen LogP contribution in [0, 0.1) is 6.92 Å². The Balaban J connectivity index is 3.59. The number of benzene rings is 1. The lowest BCUT2D eigenvalue weighted by Gasteiger charge is -2.12. The standard InChI is InChI=1S/C12H16O4S/c1-4-5-9-6-7-10(12(13)14)8(2)11(9)17(3,15)16/h6-7H,4-5H2,1-3H3,(H,13,14). The minimum absolute atomic E-state index is 0.0466. The molecular weight excluding hydrogens is 240 g/mol. The third-order valence-electron chi connectivity index (χ3n) is 2.61. The topological polar surface area (TPSA) is 71.4 Å². The number of aryl methyl sites for hydroxylation is 1. The highest BCUT2D eigenvalue weighted by Gasteiger charge is 2.20. The summed E-state index contributed by atoms with van der Waals surface area (Å²) in [6.45, 7) is 3.49. The average molecular weight is 256 g/mol. The van der Waals surface area contributed by atoms with Gasteiger partial charge in [0.25, 0.3) is 0 Å². The summed E-state index contributed by atoms with van der Waals surface area (Å²) in [5.74, 6) is -1.10. The molecule has 0 aliphatic rings. The second-order valence-corrected chi connectivity index (χ2v) is 6.01. The lowest BCUT2D eigenvalue weighted by molar-refractivity contribution is 0.0696. The molecule has 94 valence electrons. The van der Waals surface area contributed by atoms with Crippen LogP contribution in [0.25, 0.3) is 0 Å². The van der Waals surface area contributed by atoms with Crippen molar-refractivity contribution in [1.29, 1.82) is 0 Å². The van der Waals surface area contributed by atoms with Gasteiger partial charge in [0.1, 0.15) is 0 Å². The van der Waals surface area contributed by atoms with Crippen LogP contribution < -0.4 is 0 Å². The summed E-state index contributed by atoms with van der Waals surface area (Å²) < 4.78 is 23.5. The van der Waals surface area contributed by atoms with E-state index >= 15 is 0 Å². The van der Waals surface area contributed by atoms with E-state index in [-0.39, 0.29) is 10.5 Å². The van der Waals surface area contributed by atoms with E-state index in [1.54, 1.807) is 13.0 Å². The van der Waals surface area contributed by atoms with Crippen molar-refractivity contribution in [1.82, 2.24) is 0 Å². The van der Waals surface area contributed by atoms with Gasteiger partial charge >= 0.3 is 5.97 Å². The highest BCUT2D eigenvalue weighted by molar-refractivity contribution is 7.90. The zero-order valence-electron chi connectivity index (χ0n) is 10.1. The third-order valence-corrected chi connectivity index (χ3v) is 3.92. The predicted octanol–water partition coefficient (Wildman–Crippen LogP) is 2.05. The van der Waals surface area contributed by atoms with E-state index in [2.05, 4.69) is 0 Å². The summed E-state index contributed by atoms with van der Waals surface area (Å²) in [6, 6.07) is 3.06. The molecular formula is C12H16O4S. The molecule has 1 aromatic rings. The van der Waals surface area contributed by atoms with Gasteiger partial charge in [0, 0.05) is 6.26 Å². The Morgan fingerprint density at radius 3 is 2.35 bits per heavy atom. The van der Waals surface area contributed by atoms with Crippen LogP contribution >= 0.6 is 0 Å². The van der Waals surface area contributed by atoms with Gasteiger partial charge < -0.3 is 5.11 Å². The largest absolute Gasteiger partial charge is 0.478 e. The molecule has 0 spiro atoms. The molecule has 0 fully saturated rings. The number of rotatable bonds is 4. The average Bonchev–Trinajstić information content (AvgIpc) is 2.15. The number of aromatic carboxylic acids is 1. The molecule has 0 heterocycles. The molecule has 1 N–H and O–H groups in total. The summed E-state index contributed by atoms with van der Waals surface area (Å²) >= 11 is 0. The number of carboxylic acid groups (broad SMARTS) is 1. The van der Waals surface area contributed by atoms with Crippen molar-refractivity contribution < 1.29 is 18.3 Å². The van der Waals surface area contributed by atoms with Crippen molar-refractivity contribution in [2.75, 3.05) is 6.26 Å². The van der Waals surface area contributed by atoms with Crippen LogP contribution in [0.1, 0.15) is 34.8 Å². The van der Waals surface area contributed by atoms with Crippen LogP contribution in [0.5, 0.6) is 0 Å². The molecule has 5 heteroatoms. The fraction of sp³-hybridized carbons (Fsp3) is 0.417. The van der Waals surface area contributed by atoms with Gasteiger partial charge in [-0.2, -0.15) is 0 Å². The van der Waals surface area contributed by atoms with Gasteiger partial charge in [-0.15, -0.1) is 0 Å². The van der Waals surface area contributed by atoms with Crippen LogP contribution in [0.2, 0.25) is 0 Å². The molecule has 0 unspecified atom stereocenters. The number of hydrogen-bond acceptors (Lipinski definition) is 3. The first kappa shape index (κ1) is 13.7. The molecule has 0 aliphatic heterocycles. The highest BCUT2D eigenvalue weighted by atomic mass is 32.2. The van der Waals surface area contributed by atoms with Gasteiger partial charge in [-0.25, -0.2) is 13.2 Å². The van der Waals surface area contributed by atoms with Crippen molar-refractivity contribution in [3.63, 3.8) is 0 Å². The van der Waals surface area contributed by atoms with Gasteiger partial charge in [0.05, 0.1) is 10.5 Å². The van der Waals surface area contributed by atoms with Gasteiger partial charge in [0.2, 0.25) is 0 Å². The van der Waals surface area contributed by atoms with E-state index in [0.717, 1.165) is 12.7 Å². The van der Waals surface area contributed by atoms with Crippen molar-refractivity contribution in [2.45, 2.75) is 31.6 Å². The Labute approximate surface area is 101 Å². The molecule has 0 saturated carbocycles. The second kappa shape index (κ2) is 4.87. The Hall–Kier alpha value is -1.36. The molecule has 4 nitrogen and oxygen atoms in total. The fourth-order valence-corrected chi connectivity index (χ4v) is 3.27. The van der Waals surface area contributed by atoms with E-state index in [1.807, 2.05) is 6.92 Å². The maximum absolute atomic E-state index is 11.7. The number of hydrogen-bond donors (Lipinski definition) is 1. The molecule has 1 aromatic carbocycles. The normalized spacial score (nSPS) is 11.5. The first-order valence-corrected chi connectivity index (χ1v) is 7.24. The predicted molar refractivity (Wildman–Crippen MR) is 65.2 cm³/mol. The van der Waals surface area contributed by atoms with E-state index in [9.17, 15) is 13.2 Å². The van der Waals surface area contributed by atoms with E-state index in [0.29, 0.717) is 17.5 Å². The highest BCUT2D eigenvalue weighted by Crippen LogP contribution is 2.25. The molecule has 0 bridgehead atoms. The lowest BCUT2D eigenvalue weighted by atomic mass is 10.0. The Morgan fingerprint density at radius 2 is 1.94 bits per heavy atom. The molecule has 0 aliphatic carbocycles. The van der Waals surface area contributed by atoms with Crippen LogP contribution in [0.15, 0.2) is 17.0 Å². The van der Waals surface area contributed by atoms with Gasteiger partial charge in [-0.3, -0.25) is 0 Å². The van der Waals surface area contributed by atoms with Crippen molar-refractivity contribution in [3.05, 3.63) is 28.8 Å². The molecule has 17 heavy (non-hydrogen) atoms. The molecule has 0 atom stereocenters. The number of carbonyl (C=O) groups is 1. The second-order valence-electron chi connectivity index (χ2n) is 4.05. The van der Waals surface area contributed by atoms with Gasteiger partial charge in [0.15, 0.2) is 9.84 Å². The van der Waals surface area contributed by atoms with E-state index in [1.165, 1.54) is 6.07 Å². The summed E-state index contributed by atoms with van der Waals surface area (Å²) in [5, 5.41) is 8.98. The van der Waals surface area contributed by atoms with Crippen LogP contribution in [0.4, 0.5) is 0 Å². The monoisotopic (exact) mass is 256 g/mol. The minimum Gasteiger partial charge on any atom is -0.478 e. The Morgan fingerprint density at radius 1 is 1.35 bits per heavy atom. The first-order chi connectivity index (χ1) is 7.79. The van der Waals surface area contributed by atoms with Crippen molar-refractivity contribution >= 4 is 15.8 Å². The van der Waals surface area contributed by atoms with E-state index in [4.69, 9.17) is 5.11 Å². The molecule has 1 rings (SSSR count). The van der Waals surface area contributed by atoms with Crippen LogP contribution in [-0.4, -0.2) is 25.7 Å². The van der Waals surface area contributed by atoms with Crippen LogP contribution in [-0.2, 0) is 16.3 Å². The SMILES string of the molecule is CCCc1ccc(C(=O)O)c(C)c1S(C)(=O)=O. The summed E-state index contributed by atoms with van der Waals surface area (Å²) in [6.07, 6.45) is 2.55. The quantitative estimate of drug-likeness (QED) is 0.895. The van der Waals surface area contributed by atoms with Gasteiger partial charge in [-0.1, -0.05) is 19.4 Å². The zero-order valence-corrected chi connectivity index (χ0v) is 11.0. The summed E-state index contributed by atoms with van der Waals surface area (Å²) in [4.78, 5) is 11.1. The third kappa shape index (κ3) is 2.85. The summed E-state index contributed by atoms with van der Waals surface area (Å²) in [7, 11) is -3.41. The van der Waals surface area contributed by atoms with Crippen molar-refractivity contribution in [2.24, 2.45) is 0 Å². The maximum atomic E-state index is 11.7. The van der Waals surface area contributed by atoms with Crippen LogP contribution in [0.3, 0.4) is 0 Å². The minimum atomic E-state index is -3.41. The zero-order chi connectivity index (χ0) is 13.2. The Bertz CT molecular complexity index is 544. The lowest BCUT2D eigenvalue weighted by Crippen LogP contribution is -2.10. The van der Waals surface area contributed by atoms with Crippen molar-refractivity contribution in [3.8, 4) is 0 Å². The fourth-order valence-electron chi connectivity index (χ4n) is 1.96. The number of sulfone groups is 1. The molecule has 0 aromatic heterocycles. The first-order valence-electron chi connectivity index (χ1n) is 5.34. The van der Waals surface area contributed by atoms with Gasteiger partial charge in [-0.05, 0) is 30.5 Å². The molecule has 0 radical (unpaired) electrons. The maximum Gasteiger partial charge on any atom is 0.335 e.